The van der Waals surface area contributed by atoms with E-state index in [1.807, 2.05) is 0 Å². The van der Waals surface area contributed by atoms with Crippen LogP contribution in [-0.4, -0.2) is 8.42 Å². The molecule has 0 spiro atoms. The van der Waals surface area contributed by atoms with Gasteiger partial charge in [-0.3, -0.25) is 4.72 Å². The lowest BCUT2D eigenvalue weighted by Crippen LogP contribution is -2.18. The minimum atomic E-state index is -4.55. The van der Waals surface area contributed by atoms with Gasteiger partial charge in [0.05, 0.1) is 5.69 Å². The summed E-state index contributed by atoms with van der Waals surface area (Å²) in [5, 5.41) is 0. The number of sulfonamides is 1. The largest absolute Gasteiger partial charge is 0.398 e. The quantitative estimate of drug-likeness (QED) is 0.856. The molecule has 0 heterocycles. The number of halogens is 3. The summed E-state index contributed by atoms with van der Waals surface area (Å²) >= 11 is 0. The lowest BCUT2D eigenvalue weighted by atomic mass is 10.3. The molecule has 0 aliphatic rings. The molecule has 0 saturated heterocycles. The first-order chi connectivity index (χ1) is 9.33. The molecule has 0 fully saturated rings. The minimum Gasteiger partial charge on any atom is -0.398 e. The van der Waals surface area contributed by atoms with Crippen LogP contribution in [0.5, 0.6) is 0 Å². The Kier molecular flexibility index (Phi) is 3.58. The van der Waals surface area contributed by atoms with Gasteiger partial charge >= 0.3 is 0 Å². The standard InChI is InChI=1S/C12H9F3N2O2S/c13-7-3-1-4-8(14)11(7)17-20(18,19)12-9(15)5-2-6-10(12)16/h1-6,17H,16H2. The third kappa shape index (κ3) is 2.55. The van der Waals surface area contributed by atoms with Crippen molar-refractivity contribution >= 4 is 21.4 Å². The lowest BCUT2D eigenvalue weighted by molar-refractivity contribution is 0.567. The number of nitrogens with one attached hydrogen (secondary N) is 1. The zero-order chi connectivity index (χ0) is 14.9. The van der Waals surface area contributed by atoms with Crippen LogP contribution >= 0.6 is 0 Å². The summed E-state index contributed by atoms with van der Waals surface area (Å²) in [6, 6.07) is 6.06. The molecule has 0 atom stereocenters. The van der Waals surface area contributed by atoms with Crippen LogP contribution in [0.25, 0.3) is 0 Å². The van der Waals surface area contributed by atoms with Gasteiger partial charge in [0.1, 0.15) is 28.0 Å². The fraction of sp³-hybridized carbons (Fsp3) is 0. The molecule has 3 N–H and O–H groups in total. The topological polar surface area (TPSA) is 72.2 Å². The highest BCUT2D eigenvalue weighted by atomic mass is 32.2. The maximum Gasteiger partial charge on any atom is 0.267 e. The molecule has 20 heavy (non-hydrogen) atoms. The van der Waals surface area contributed by atoms with Crippen LogP contribution in [-0.2, 0) is 10.0 Å². The second-order valence-electron chi connectivity index (χ2n) is 3.86. The summed E-state index contributed by atoms with van der Waals surface area (Å²) in [4.78, 5) is -0.859. The van der Waals surface area contributed by atoms with Crippen LogP contribution in [0.1, 0.15) is 0 Å². The van der Waals surface area contributed by atoms with Crippen LogP contribution in [0.4, 0.5) is 24.5 Å². The number of nitrogen functional groups attached to an aromatic ring is 1. The molecule has 2 rings (SSSR count). The van der Waals surface area contributed by atoms with E-state index in [1.54, 1.807) is 4.72 Å². The summed E-state index contributed by atoms with van der Waals surface area (Å²) < 4.78 is 66.0. The summed E-state index contributed by atoms with van der Waals surface area (Å²) in [7, 11) is -4.55. The summed E-state index contributed by atoms with van der Waals surface area (Å²) in [5.41, 5.74) is 4.13. The van der Waals surface area contributed by atoms with Gasteiger partial charge in [0.15, 0.2) is 0 Å². The Morgan fingerprint density at radius 3 is 1.95 bits per heavy atom. The third-order valence-electron chi connectivity index (χ3n) is 2.47. The Bertz CT molecular complexity index is 723. The number of anilines is 2. The molecule has 0 saturated carbocycles. The van der Waals surface area contributed by atoms with Crippen LogP contribution in [0.3, 0.4) is 0 Å². The van der Waals surface area contributed by atoms with Crippen molar-refractivity contribution in [2.45, 2.75) is 4.90 Å². The van der Waals surface area contributed by atoms with Crippen molar-refractivity contribution in [1.82, 2.24) is 0 Å². The molecule has 8 heteroatoms. The first kappa shape index (κ1) is 14.2. The summed E-state index contributed by atoms with van der Waals surface area (Å²) in [5.74, 6) is -3.36. The van der Waals surface area contributed by atoms with Gasteiger partial charge in [-0.2, -0.15) is 0 Å². The van der Waals surface area contributed by atoms with E-state index in [1.165, 1.54) is 6.07 Å². The third-order valence-corrected chi connectivity index (χ3v) is 3.91. The molecule has 2 aromatic carbocycles. The van der Waals surface area contributed by atoms with Crippen LogP contribution in [0.15, 0.2) is 41.3 Å². The fourth-order valence-corrected chi connectivity index (χ4v) is 2.86. The van der Waals surface area contributed by atoms with Gasteiger partial charge in [-0.1, -0.05) is 12.1 Å². The second kappa shape index (κ2) is 5.04. The highest BCUT2D eigenvalue weighted by Crippen LogP contribution is 2.26. The van der Waals surface area contributed by atoms with Crippen LogP contribution < -0.4 is 10.5 Å². The Morgan fingerprint density at radius 1 is 0.900 bits per heavy atom. The SMILES string of the molecule is Nc1cccc(F)c1S(=O)(=O)Nc1c(F)cccc1F. The Labute approximate surface area is 113 Å². The molecule has 0 radical (unpaired) electrons. The van der Waals surface area contributed by atoms with Gasteiger partial charge in [-0.15, -0.1) is 0 Å². The van der Waals surface area contributed by atoms with Gasteiger partial charge in [0.25, 0.3) is 10.0 Å². The van der Waals surface area contributed by atoms with Gasteiger partial charge in [-0.05, 0) is 24.3 Å². The molecule has 106 valence electrons. The molecular formula is C12H9F3N2O2S. The lowest BCUT2D eigenvalue weighted by Gasteiger charge is -2.12. The molecule has 0 amide bonds. The molecular weight excluding hydrogens is 293 g/mol. The molecule has 4 nitrogen and oxygen atoms in total. The average Bonchev–Trinajstić information content (AvgIpc) is 2.33. The summed E-state index contributed by atoms with van der Waals surface area (Å²) in [6.45, 7) is 0. The van der Waals surface area contributed by atoms with Gasteiger partial charge < -0.3 is 5.73 Å². The van der Waals surface area contributed by atoms with Crippen molar-refractivity contribution in [3.8, 4) is 0 Å². The highest BCUT2D eigenvalue weighted by molar-refractivity contribution is 7.92. The number of hydrogen-bond acceptors (Lipinski definition) is 3. The number of rotatable bonds is 3. The average molecular weight is 302 g/mol. The van der Waals surface area contributed by atoms with E-state index in [0.29, 0.717) is 0 Å². The molecule has 0 aliphatic heterocycles. The van der Waals surface area contributed by atoms with Crippen molar-refractivity contribution < 1.29 is 21.6 Å². The molecule has 0 bridgehead atoms. The first-order valence-electron chi connectivity index (χ1n) is 5.34. The normalized spacial score (nSPS) is 11.3. The van der Waals surface area contributed by atoms with Crippen molar-refractivity contribution in [2.75, 3.05) is 10.5 Å². The van der Waals surface area contributed by atoms with Gasteiger partial charge in [0, 0.05) is 0 Å². The van der Waals surface area contributed by atoms with E-state index < -0.39 is 38.1 Å². The van der Waals surface area contributed by atoms with E-state index in [4.69, 9.17) is 5.73 Å². The molecule has 2 aromatic rings. The molecule has 0 aliphatic carbocycles. The van der Waals surface area contributed by atoms with Crippen molar-refractivity contribution in [2.24, 2.45) is 0 Å². The van der Waals surface area contributed by atoms with E-state index in [2.05, 4.69) is 0 Å². The van der Waals surface area contributed by atoms with E-state index in [0.717, 1.165) is 30.3 Å². The van der Waals surface area contributed by atoms with Gasteiger partial charge in [-0.25, -0.2) is 21.6 Å². The second-order valence-corrected chi connectivity index (χ2v) is 5.48. The zero-order valence-corrected chi connectivity index (χ0v) is 10.7. The van der Waals surface area contributed by atoms with Crippen molar-refractivity contribution in [1.29, 1.82) is 0 Å². The van der Waals surface area contributed by atoms with Crippen molar-refractivity contribution in [3.63, 3.8) is 0 Å². The smallest absolute Gasteiger partial charge is 0.267 e. The number of para-hydroxylation sites is 1. The maximum absolute atomic E-state index is 13.6. The maximum atomic E-state index is 13.6. The van der Waals surface area contributed by atoms with E-state index >= 15 is 0 Å². The van der Waals surface area contributed by atoms with Crippen LogP contribution in [0.2, 0.25) is 0 Å². The predicted octanol–water partition coefficient (Wildman–Crippen LogP) is 2.49. The predicted molar refractivity (Wildman–Crippen MR) is 68.0 cm³/mol. The Balaban J connectivity index is 2.53. The zero-order valence-electron chi connectivity index (χ0n) is 9.90. The first-order valence-corrected chi connectivity index (χ1v) is 6.82. The van der Waals surface area contributed by atoms with E-state index in [9.17, 15) is 21.6 Å². The highest BCUT2D eigenvalue weighted by Gasteiger charge is 2.24. The Hall–Kier alpha value is -2.22. The fourth-order valence-electron chi connectivity index (χ4n) is 1.59. The monoisotopic (exact) mass is 302 g/mol. The molecule has 0 unspecified atom stereocenters. The number of benzene rings is 2. The summed E-state index contributed by atoms with van der Waals surface area (Å²) in [6.07, 6.45) is 0. The number of nitrogens with two attached hydrogens (primary N) is 1. The van der Waals surface area contributed by atoms with Crippen molar-refractivity contribution in [3.05, 3.63) is 53.8 Å². The van der Waals surface area contributed by atoms with Gasteiger partial charge in [0.2, 0.25) is 0 Å². The molecule has 0 aromatic heterocycles. The van der Waals surface area contributed by atoms with E-state index in [-0.39, 0.29) is 5.69 Å². The van der Waals surface area contributed by atoms with Crippen LogP contribution in [0, 0.1) is 17.5 Å². The number of hydrogen-bond donors (Lipinski definition) is 2. The minimum absolute atomic E-state index is 0.366. The Morgan fingerprint density at radius 2 is 1.40 bits per heavy atom.